The van der Waals surface area contributed by atoms with Gasteiger partial charge in [-0.1, -0.05) is 6.07 Å². The molecule has 158 valence electrons. The van der Waals surface area contributed by atoms with Crippen LogP contribution in [0.4, 0.5) is 4.39 Å². The Labute approximate surface area is 173 Å². The molecule has 0 fully saturated rings. The van der Waals surface area contributed by atoms with Crippen LogP contribution in [0.1, 0.15) is 29.8 Å². The lowest BCUT2D eigenvalue weighted by atomic mass is 10.1. The van der Waals surface area contributed by atoms with Gasteiger partial charge in [-0.25, -0.2) is 9.18 Å². The molecule has 2 rings (SSSR count). The van der Waals surface area contributed by atoms with Crippen LogP contribution in [0.15, 0.2) is 42.5 Å². The number of nitrogens with two attached hydrogens (primary N) is 1. The molecule has 0 aliphatic carbocycles. The van der Waals surface area contributed by atoms with E-state index in [-0.39, 0.29) is 35.9 Å². The quantitative estimate of drug-likeness (QED) is 0.459. The van der Waals surface area contributed by atoms with Gasteiger partial charge in [0.15, 0.2) is 11.5 Å². The Bertz CT molecular complexity index is 845. The van der Waals surface area contributed by atoms with Crippen molar-refractivity contribution in [2.45, 2.75) is 38.5 Å². The second-order valence-corrected chi connectivity index (χ2v) is 6.39. The molecule has 4 N–H and O–H groups in total. The molecule has 2 aromatic carbocycles. The van der Waals surface area contributed by atoms with Gasteiger partial charge in [-0.15, -0.1) is 12.4 Å². The van der Waals surface area contributed by atoms with E-state index in [1.165, 1.54) is 30.3 Å². The molecular weight excluding hydrogens is 405 g/mol. The number of benzene rings is 2. The van der Waals surface area contributed by atoms with E-state index < -0.39 is 36.0 Å². The van der Waals surface area contributed by atoms with Crippen molar-refractivity contribution in [2.75, 3.05) is 0 Å². The number of esters is 2. The summed E-state index contributed by atoms with van der Waals surface area (Å²) >= 11 is 0. The third kappa shape index (κ3) is 6.92. The van der Waals surface area contributed by atoms with Gasteiger partial charge in [-0.05, 0) is 62.2 Å². The molecule has 0 radical (unpaired) electrons. The van der Waals surface area contributed by atoms with Gasteiger partial charge in [-0.2, -0.15) is 0 Å². The Hall–Kier alpha value is -2.84. The minimum atomic E-state index is -1.01. The van der Waals surface area contributed by atoms with Crippen molar-refractivity contribution in [3.8, 4) is 11.5 Å². The zero-order valence-corrected chi connectivity index (χ0v) is 16.7. The number of carbonyl (C=O) groups is 2. The highest BCUT2D eigenvalue weighted by Crippen LogP contribution is 2.25. The molecule has 0 unspecified atom stereocenters. The minimum absolute atomic E-state index is 0. The number of phenolic OH excluding ortho intramolecular Hbond substituents is 2. The highest BCUT2D eigenvalue weighted by molar-refractivity contribution is 5.89. The normalized spacial score (nSPS) is 13.5. The fourth-order valence-electron chi connectivity index (χ4n) is 2.32. The minimum Gasteiger partial charge on any atom is -0.504 e. The number of hydrogen-bond acceptors (Lipinski definition) is 7. The third-order valence-electron chi connectivity index (χ3n) is 4.13. The SMILES string of the molecule is C[C@H](OC(=O)c1ccc(F)cc1)[C@H](C)OC(=O)[C@@H](N)Cc1ccc(O)c(O)c1.Cl. The molecule has 0 amide bonds. The van der Waals surface area contributed by atoms with Crippen LogP contribution in [-0.2, 0) is 20.7 Å². The van der Waals surface area contributed by atoms with Crippen molar-refractivity contribution in [1.82, 2.24) is 0 Å². The first-order valence-corrected chi connectivity index (χ1v) is 8.61. The van der Waals surface area contributed by atoms with Gasteiger partial charge in [-0.3, -0.25) is 4.79 Å². The lowest BCUT2D eigenvalue weighted by molar-refractivity contribution is -0.154. The molecule has 0 saturated heterocycles. The summed E-state index contributed by atoms with van der Waals surface area (Å²) in [7, 11) is 0. The van der Waals surface area contributed by atoms with Gasteiger partial charge in [0.25, 0.3) is 0 Å². The molecule has 0 aromatic heterocycles. The molecule has 0 spiro atoms. The van der Waals surface area contributed by atoms with E-state index in [4.69, 9.17) is 15.2 Å². The van der Waals surface area contributed by atoms with Crippen molar-refractivity contribution in [3.05, 3.63) is 59.4 Å². The molecule has 0 saturated carbocycles. The largest absolute Gasteiger partial charge is 0.504 e. The van der Waals surface area contributed by atoms with Crippen LogP contribution >= 0.6 is 12.4 Å². The van der Waals surface area contributed by atoms with Gasteiger partial charge in [0.2, 0.25) is 0 Å². The van der Waals surface area contributed by atoms with Crippen molar-refractivity contribution in [3.63, 3.8) is 0 Å². The van der Waals surface area contributed by atoms with Gasteiger partial charge in [0.1, 0.15) is 24.1 Å². The number of halogens is 2. The molecular formula is C20H23ClFNO6. The molecule has 7 nitrogen and oxygen atoms in total. The third-order valence-corrected chi connectivity index (χ3v) is 4.13. The Morgan fingerprint density at radius 1 is 1.00 bits per heavy atom. The number of phenols is 2. The molecule has 0 heterocycles. The van der Waals surface area contributed by atoms with Crippen LogP contribution < -0.4 is 5.73 Å². The molecule has 29 heavy (non-hydrogen) atoms. The van der Waals surface area contributed by atoms with E-state index in [1.807, 2.05) is 0 Å². The highest BCUT2D eigenvalue weighted by atomic mass is 35.5. The van der Waals surface area contributed by atoms with Crippen LogP contribution in [0.3, 0.4) is 0 Å². The van der Waals surface area contributed by atoms with E-state index in [0.29, 0.717) is 5.56 Å². The van der Waals surface area contributed by atoms with Crippen molar-refractivity contribution in [1.29, 1.82) is 0 Å². The van der Waals surface area contributed by atoms with Crippen molar-refractivity contribution in [2.24, 2.45) is 5.73 Å². The average Bonchev–Trinajstić information content (AvgIpc) is 2.65. The monoisotopic (exact) mass is 427 g/mol. The molecule has 2 aromatic rings. The highest BCUT2D eigenvalue weighted by Gasteiger charge is 2.24. The second-order valence-electron chi connectivity index (χ2n) is 6.39. The number of aromatic hydroxyl groups is 2. The summed E-state index contributed by atoms with van der Waals surface area (Å²) < 4.78 is 23.4. The summed E-state index contributed by atoms with van der Waals surface area (Å²) in [5, 5.41) is 18.8. The van der Waals surface area contributed by atoms with Crippen LogP contribution in [0.25, 0.3) is 0 Å². The molecule has 0 aliphatic heterocycles. The zero-order valence-electron chi connectivity index (χ0n) is 15.9. The lowest BCUT2D eigenvalue weighted by Crippen LogP contribution is -2.39. The number of carbonyl (C=O) groups excluding carboxylic acids is 2. The molecule has 9 heteroatoms. The standard InChI is InChI=1S/C20H22FNO6.ClH/c1-11(27-19(25)14-4-6-15(21)7-5-14)12(2)28-20(26)16(22)9-13-3-8-17(23)18(24)10-13;/h3-8,10-12,16,23-24H,9,22H2,1-2H3;1H/t11-,12-,16-;/m0./s1. The summed E-state index contributed by atoms with van der Waals surface area (Å²) in [6, 6.07) is 8.00. The Balaban J connectivity index is 0.00000420. The lowest BCUT2D eigenvalue weighted by Gasteiger charge is -2.22. The summed E-state index contributed by atoms with van der Waals surface area (Å²) in [5.41, 5.74) is 6.55. The van der Waals surface area contributed by atoms with E-state index in [2.05, 4.69) is 0 Å². The topological polar surface area (TPSA) is 119 Å². The van der Waals surface area contributed by atoms with Crippen LogP contribution in [0.5, 0.6) is 11.5 Å². The summed E-state index contributed by atoms with van der Waals surface area (Å²) in [6.45, 7) is 3.11. The first-order valence-electron chi connectivity index (χ1n) is 8.61. The van der Waals surface area contributed by atoms with Crippen LogP contribution in [0, 0.1) is 5.82 Å². The molecule has 3 atom stereocenters. The van der Waals surface area contributed by atoms with Gasteiger partial charge in [0.05, 0.1) is 5.56 Å². The zero-order chi connectivity index (χ0) is 20.8. The first-order chi connectivity index (χ1) is 13.2. The van der Waals surface area contributed by atoms with Crippen LogP contribution in [-0.4, -0.2) is 40.4 Å². The van der Waals surface area contributed by atoms with E-state index in [0.717, 1.165) is 12.1 Å². The molecule has 0 aliphatic rings. The Morgan fingerprint density at radius 3 is 2.17 bits per heavy atom. The Kier molecular flexibility index (Phi) is 8.87. The molecule has 0 bridgehead atoms. The summed E-state index contributed by atoms with van der Waals surface area (Å²) in [6.07, 6.45) is -1.44. The van der Waals surface area contributed by atoms with Crippen molar-refractivity contribution >= 4 is 24.3 Å². The summed E-state index contributed by atoms with van der Waals surface area (Å²) in [4.78, 5) is 24.2. The predicted molar refractivity (Wildman–Crippen MR) is 106 cm³/mol. The maximum Gasteiger partial charge on any atom is 0.338 e. The fourth-order valence-corrected chi connectivity index (χ4v) is 2.32. The van der Waals surface area contributed by atoms with Crippen molar-refractivity contribution < 1.29 is 33.7 Å². The number of hydrogen-bond donors (Lipinski definition) is 3. The van der Waals surface area contributed by atoms with Crippen LogP contribution in [0.2, 0.25) is 0 Å². The predicted octanol–water partition coefficient (Wildman–Crippen LogP) is 2.71. The first kappa shape index (κ1) is 24.2. The van der Waals surface area contributed by atoms with Gasteiger partial charge < -0.3 is 25.4 Å². The maximum absolute atomic E-state index is 12.9. The maximum atomic E-state index is 12.9. The van der Waals surface area contributed by atoms with E-state index in [1.54, 1.807) is 13.8 Å². The van der Waals surface area contributed by atoms with Gasteiger partial charge in [0, 0.05) is 0 Å². The number of rotatable bonds is 7. The van der Waals surface area contributed by atoms with E-state index in [9.17, 15) is 24.2 Å². The second kappa shape index (κ2) is 10.6. The number of ether oxygens (including phenoxy) is 2. The summed E-state index contributed by atoms with van der Waals surface area (Å²) in [5.74, 6) is -2.43. The smallest absolute Gasteiger partial charge is 0.338 e. The average molecular weight is 428 g/mol. The Morgan fingerprint density at radius 2 is 1.59 bits per heavy atom. The van der Waals surface area contributed by atoms with E-state index >= 15 is 0 Å². The fraction of sp³-hybridized carbons (Fsp3) is 0.300. The van der Waals surface area contributed by atoms with Gasteiger partial charge >= 0.3 is 11.9 Å².